The van der Waals surface area contributed by atoms with Crippen LogP contribution in [0.3, 0.4) is 0 Å². The number of amides is 2. The van der Waals surface area contributed by atoms with Crippen LogP contribution in [-0.2, 0) is 14.8 Å². The van der Waals surface area contributed by atoms with E-state index in [1.165, 1.54) is 35.7 Å². The summed E-state index contributed by atoms with van der Waals surface area (Å²) in [6.45, 7) is 3.37. The van der Waals surface area contributed by atoms with E-state index in [9.17, 15) is 23.1 Å². The van der Waals surface area contributed by atoms with Crippen LogP contribution in [0.1, 0.15) is 41.7 Å². The van der Waals surface area contributed by atoms with E-state index in [1.54, 1.807) is 35.2 Å². The number of nitrogens with zero attached hydrogens (tertiary/aromatic N) is 3. The highest BCUT2D eigenvalue weighted by molar-refractivity contribution is 7.89. The molecule has 1 aromatic heterocycles. The number of hydrogen-bond acceptors (Lipinski definition) is 8. The van der Waals surface area contributed by atoms with Crippen molar-refractivity contribution in [3.05, 3.63) is 83.0 Å². The van der Waals surface area contributed by atoms with E-state index in [2.05, 4.69) is 15.6 Å². The summed E-state index contributed by atoms with van der Waals surface area (Å²) in [4.78, 5) is 32.2. The number of pyridine rings is 1. The zero-order valence-electron chi connectivity index (χ0n) is 26.3. The molecule has 3 aromatic carbocycles. The third kappa shape index (κ3) is 8.31. The minimum absolute atomic E-state index is 0.0453. The normalized spacial score (nSPS) is 13.5. The van der Waals surface area contributed by atoms with Crippen molar-refractivity contribution >= 4 is 55.7 Å². The molecule has 13 heteroatoms. The van der Waals surface area contributed by atoms with E-state index in [0.29, 0.717) is 29.4 Å². The van der Waals surface area contributed by atoms with Gasteiger partial charge in [-0.15, -0.1) is 0 Å². The van der Waals surface area contributed by atoms with Crippen LogP contribution in [0.4, 0.5) is 11.4 Å². The van der Waals surface area contributed by atoms with Gasteiger partial charge in [0.25, 0.3) is 5.91 Å². The maximum atomic E-state index is 13.8. The lowest BCUT2D eigenvalue weighted by atomic mass is 10.1. The zero-order valence-corrected chi connectivity index (χ0v) is 27.9. The van der Waals surface area contributed by atoms with Crippen molar-refractivity contribution < 1.29 is 27.9 Å². The lowest BCUT2D eigenvalue weighted by Gasteiger charge is -2.26. The number of nitrogens with one attached hydrogen (secondary N) is 2. The number of halogens is 1. The number of aryl methyl sites for hydroxylation is 1. The summed E-state index contributed by atoms with van der Waals surface area (Å²) in [6, 6.07) is 17.7. The first-order valence-electron chi connectivity index (χ1n) is 15.4. The van der Waals surface area contributed by atoms with Crippen molar-refractivity contribution in [2.75, 3.05) is 50.5 Å². The van der Waals surface area contributed by atoms with E-state index >= 15 is 0 Å². The summed E-state index contributed by atoms with van der Waals surface area (Å²) in [7, 11) is -2.51. The van der Waals surface area contributed by atoms with Crippen LogP contribution in [0.5, 0.6) is 11.5 Å². The van der Waals surface area contributed by atoms with Crippen molar-refractivity contribution in [2.24, 2.45) is 0 Å². The Kier molecular flexibility index (Phi) is 10.8. The molecule has 1 aliphatic rings. The monoisotopic (exact) mass is 679 g/mol. The number of benzene rings is 3. The number of phenolic OH excluding ortho intramolecular Hbond substituents is 1. The number of likely N-dealkylation sites (tertiary alicyclic amines) is 1. The van der Waals surface area contributed by atoms with Crippen molar-refractivity contribution in [1.29, 1.82) is 0 Å². The molecule has 248 valence electrons. The maximum Gasteiger partial charge on any atom is 0.253 e. The molecule has 3 N–H and O–H groups in total. The first-order chi connectivity index (χ1) is 22.5. The molecule has 1 aliphatic heterocycles. The Bertz CT molecular complexity index is 1860. The topological polar surface area (TPSA) is 141 Å². The van der Waals surface area contributed by atoms with Gasteiger partial charge in [0.15, 0.2) is 0 Å². The molecule has 0 unspecified atom stereocenters. The van der Waals surface area contributed by atoms with Gasteiger partial charge in [-0.2, -0.15) is 4.31 Å². The predicted octanol–water partition coefficient (Wildman–Crippen LogP) is 5.67. The average molecular weight is 680 g/mol. The largest absolute Gasteiger partial charge is 0.506 e. The lowest BCUT2D eigenvalue weighted by Crippen LogP contribution is -2.37. The molecule has 1 saturated heterocycles. The number of ether oxygens (including phenoxy) is 1. The number of carbonyl (C=O) groups excluding carboxylic acids is 2. The molecule has 0 aliphatic carbocycles. The fraction of sp³-hybridized carbons (Fsp3) is 0.324. The van der Waals surface area contributed by atoms with E-state index < -0.39 is 15.9 Å². The Hall–Kier alpha value is -4.39. The molecule has 0 atom stereocenters. The quantitative estimate of drug-likeness (QED) is 0.163. The first kappa shape index (κ1) is 34.0. The molecular formula is C34H38ClN5O6S. The van der Waals surface area contributed by atoms with Gasteiger partial charge < -0.3 is 25.4 Å². The van der Waals surface area contributed by atoms with E-state index in [4.69, 9.17) is 16.3 Å². The fourth-order valence-corrected chi connectivity index (χ4v) is 7.14. The second-order valence-corrected chi connectivity index (χ2v) is 13.7. The number of methoxy groups -OCH3 is 1. The van der Waals surface area contributed by atoms with Gasteiger partial charge in [0.05, 0.1) is 23.2 Å². The molecule has 0 bridgehead atoms. The van der Waals surface area contributed by atoms with Crippen LogP contribution >= 0.6 is 11.6 Å². The summed E-state index contributed by atoms with van der Waals surface area (Å²) in [5.41, 5.74) is 2.77. The van der Waals surface area contributed by atoms with Gasteiger partial charge in [-0.25, -0.2) is 8.42 Å². The SMILES string of the molecule is COc1ccc(S(=O)(=O)N(CCNc2cc(C)nc3ccc(Cl)cc23)CCC(=O)Nc2ccc(C(=O)N3CCCCC3)cc2O)cc1. The van der Waals surface area contributed by atoms with Crippen LogP contribution in [0, 0.1) is 6.92 Å². The second-order valence-electron chi connectivity index (χ2n) is 11.4. The first-order valence-corrected chi connectivity index (χ1v) is 17.2. The van der Waals surface area contributed by atoms with Gasteiger partial charge in [0.1, 0.15) is 11.5 Å². The summed E-state index contributed by atoms with van der Waals surface area (Å²) in [5.74, 6) is -0.390. The van der Waals surface area contributed by atoms with Crippen molar-refractivity contribution in [2.45, 2.75) is 37.5 Å². The highest BCUT2D eigenvalue weighted by Crippen LogP contribution is 2.28. The Morgan fingerprint density at radius 2 is 1.72 bits per heavy atom. The van der Waals surface area contributed by atoms with Gasteiger partial charge in [0, 0.05) is 66.5 Å². The molecule has 11 nitrogen and oxygen atoms in total. The van der Waals surface area contributed by atoms with Crippen molar-refractivity contribution in [3.63, 3.8) is 0 Å². The summed E-state index contributed by atoms with van der Waals surface area (Å²) < 4.78 is 33.9. The molecule has 47 heavy (non-hydrogen) atoms. The highest BCUT2D eigenvalue weighted by atomic mass is 35.5. The zero-order chi connectivity index (χ0) is 33.6. The number of phenols is 1. The average Bonchev–Trinajstić information content (AvgIpc) is 3.07. The van der Waals surface area contributed by atoms with Crippen LogP contribution in [0.15, 0.2) is 71.6 Å². The summed E-state index contributed by atoms with van der Waals surface area (Å²) >= 11 is 6.23. The molecule has 0 spiro atoms. The third-order valence-corrected chi connectivity index (χ3v) is 10.2. The van der Waals surface area contributed by atoms with Gasteiger partial charge in [-0.1, -0.05) is 11.6 Å². The third-order valence-electron chi connectivity index (χ3n) is 8.02. The number of rotatable bonds is 12. The predicted molar refractivity (Wildman–Crippen MR) is 183 cm³/mol. The summed E-state index contributed by atoms with van der Waals surface area (Å²) in [5, 5.41) is 17.9. The number of hydrogen-bond donors (Lipinski definition) is 3. The number of carbonyl (C=O) groups is 2. The van der Waals surface area contributed by atoms with Gasteiger partial charge in [-0.05, 0) is 92.9 Å². The minimum Gasteiger partial charge on any atom is -0.506 e. The number of fused-ring (bicyclic) bond motifs is 1. The smallest absolute Gasteiger partial charge is 0.253 e. The van der Waals surface area contributed by atoms with Crippen LogP contribution in [0.2, 0.25) is 5.02 Å². The highest BCUT2D eigenvalue weighted by Gasteiger charge is 2.26. The second kappa shape index (κ2) is 15.0. The summed E-state index contributed by atoms with van der Waals surface area (Å²) in [6.07, 6.45) is 2.80. The number of piperidine rings is 1. The molecule has 1 fully saturated rings. The molecule has 2 heterocycles. The Morgan fingerprint density at radius 3 is 2.43 bits per heavy atom. The maximum absolute atomic E-state index is 13.8. The van der Waals surface area contributed by atoms with Crippen LogP contribution < -0.4 is 15.4 Å². The van der Waals surface area contributed by atoms with E-state index in [-0.39, 0.29) is 48.3 Å². The van der Waals surface area contributed by atoms with E-state index in [0.717, 1.165) is 41.5 Å². The minimum atomic E-state index is -4.01. The van der Waals surface area contributed by atoms with Gasteiger partial charge in [0.2, 0.25) is 15.9 Å². The molecule has 2 amide bonds. The Balaban J connectivity index is 1.28. The number of anilines is 2. The van der Waals surface area contributed by atoms with Gasteiger partial charge in [-0.3, -0.25) is 14.6 Å². The standard InChI is InChI=1S/C34H38ClN5O6S/c1-23-20-31(28-22-25(35)7-13-29(28)37-23)36-15-19-40(47(44,45)27-10-8-26(46-2)9-11-27)18-14-33(42)38-30-12-6-24(21-32(30)41)34(43)39-16-4-3-5-17-39/h6-13,20-22,41H,3-5,14-19H2,1-2H3,(H,36,37)(H,38,42). The molecule has 0 saturated carbocycles. The lowest BCUT2D eigenvalue weighted by molar-refractivity contribution is -0.116. The Labute approximate surface area is 279 Å². The Morgan fingerprint density at radius 1 is 0.979 bits per heavy atom. The number of sulfonamides is 1. The van der Waals surface area contributed by atoms with Gasteiger partial charge >= 0.3 is 0 Å². The molecule has 4 aromatic rings. The number of aromatic hydroxyl groups is 1. The fourth-order valence-electron chi connectivity index (χ4n) is 5.53. The molecule has 5 rings (SSSR count). The molecule has 0 radical (unpaired) electrons. The number of aromatic nitrogens is 1. The van der Waals surface area contributed by atoms with Crippen molar-refractivity contribution in [1.82, 2.24) is 14.2 Å². The molecular weight excluding hydrogens is 642 g/mol. The van der Waals surface area contributed by atoms with E-state index in [1.807, 2.05) is 19.1 Å². The van der Waals surface area contributed by atoms with Crippen molar-refractivity contribution in [3.8, 4) is 11.5 Å². The van der Waals surface area contributed by atoms with Crippen LogP contribution in [0.25, 0.3) is 10.9 Å². The van der Waals surface area contributed by atoms with Crippen LogP contribution in [-0.4, -0.2) is 79.4 Å².